The van der Waals surface area contributed by atoms with E-state index in [0.29, 0.717) is 17.7 Å². The summed E-state index contributed by atoms with van der Waals surface area (Å²) >= 11 is 0. The van der Waals surface area contributed by atoms with Crippen molar-refractivity contribution in [2.75, 3.05) is 20.1 Å². The van der Waals surface area contributed by atoms with Crippen molar-refractivity contribution in [2.24, 2.45) is 5.73 Å². The van der Waals surface area contributed by atoms with Gasteiger partial charge in [0, 0.05) is 37.3 Å². The molecule has 1 aromatic carbocycles. The Morgan fingerprint density at radius 3 is 2.71 bits per heavy atom. The molecule has 3 N–H and O–H groups in total. The van der Waals surface area contributed by atoms with E-state index in [9.17, 15) is 9.59 Å². The van der Waals surface area contributed by atoms with Crippen LogP contribution in [0.4, 0.5) is 0 Å². The molecule has 1 atom stereocenters. The second-order valence-electron chi connectivity index (χ2n) is 5.04. The number of likely N-dealkylation sites (tertiary alicyclic amines) is 1. The van der Waals surface area contributed by atoms with Crippen molar-refractivity contribution in [3.63, 3.8) is 0 Å². The monoisotopic (exact) mass is 311 g/mol. The highest BCUT2D eigenvalue weighted by Crippen LogP contribution is 2.19. The van der Waals surface area contributed by atoms with Crippen molar-refractivity contribution in [2.45, 2.75) is 25.3 Å². The Morgan fingerprint density at radius 2 is 2.05 bits per heavy atom. The van der Waals surface area contributed by atoms with E-state index >= 15 is 0 Å². The lowest BCUT2D eigenvalue weighted by Crippen LogP contribution is -2.47. The highest BCUT2D eigenvalue weighted by atomic mass is 35.5. The minimum atomic E-state index is -0.186. The largest absolute Gasteiger partial charge is 0.355 e. The zero-order valence-corrected chi connectivity index (χ0v) is 13.0. The van der Waals surface area contributed by atoms with E-state index in [2.05, 4.69) is 5.32 Å². The minimum absolute atomic E-state index is 0. The van der Waals surface area contributed by atoms with Gasteiger partial charge in [0.2, 0.25) is 0 Å². The van der Waals surface area contributed by atoms with Crippen LogP contribution in [0.1, 0.15) is 40.0 Å². The van der Waals surface area contributed by atoms with E-state index in [1.165, 1.54) is 0 Å². The van der Waals surface area contributed by atoms with Crippen LogP contribution in [0, 0.1) is 0 Å². The normalized spacial score (nSPS) is 17.8. The van der Waals surface area contributed by atoms with Gasteiger partial charge in [0.1, 0.15) is 0 Å². The predicted molar refractivity (Wildman–Crippen MR) is 84.8 cm³/mol. The smallest absolute Gasteiger partial charge is 0.254 e. The Balaban J connectivity index is 0.00000220. The molecule has 6 heteroatoms. The lowest BCUT2D eigenvalue weighted by atomic mass is 10.0. The zero-order valence-electron chi connectivity index (χ0n) is 12.2. The van der Waals surface area contributed by atoms with Gasteiger partial charge in [-0.3, -0.25) is 9.59 Å². The average Bonchev–Trinajstić information content (AvgIpc) is 2.53. The van der Waals surface area contributed by atoms with Gasteiger partial charge in [-0.05, 0) is 37.5 Å². The van der Waals surface area contributed by atoms with Gasteiger partial charge < -0.3 is 16.0 Å². The predicted octanol–water partition coefficient (Wildman–Crippen LogP) is 1.42. The highest BCUT2D eigenvalue weighted by Gasteiger charge is 2.26. The molecule has 2 amide bonds. The molecule has 2 rings (SSSR count). The molecular formula is C15H22ClN3O2. The summed E-state index contributed by atoms with van der Waals surface area (Å²) in [5.41, 5.74) is 6.80. The summed E-state index contributed by atoms with van der Waals surface area (Å²) in [4.78, 5) is 26.0. The van der Waals surface area contributed by atoms with Crippen LogP contribution in [-0.4, -0.2) is 42.9 Å². The van der Waals surface area contributed by atoms with E-state index in [0.717, 1.165) is 25.8 Å². The molecule has 0 radical (unpaired) electrons. The second-order valence-corrected chi connectivity index (χ2v) is 5.04. The first kappa shape index (κ1) is 17.5. The zero-order chi connectivity index (χ0) is 14.5. The molecule has 1 saturated heterocycles. The van der Waals surface area contributed by atoms with E-state index in [1.807, 2.05) is 4.90 Å². The molecule has 0 bridgehead atoms. The molecule has 1 aromatic rings. The van der Waals surface area contributed by atoms with Gasteiger partial charge in [-0.1, -0.05) is 6.07 Å². The first-order valence-corrected chi connectivity index (χ1v) is 7.00. The van der Waals surface area contributed by atoms with Crippen molar-refractivity contribution in [3.8, 4) is 0 Å². The van der Waals surface area contributed by atoms with E-state index in [1.54, 1.807) is 31.3 Å². The Labute approximate surface area is 131 Å². The Bertz CT molecular complexity index is 507. The molecule has 1 aliphatic heterocycles. The Kier molecular flexibility index (Phi) is 6.65. The summed E-state index contributed by atoms with van der Waals surface area (Å²) in [5, 5.41) is 2.56. The summed E-state index contributed by atoms with van der Waals surface area (Å²) in [6.45, 7) is 1.23. The van der Waals surface area contributed by atoms with Crippen molar-refractivity contribution < 1.29 is 9.59 Å². The maximum Gasteiger partial charge on any atom is 0.254 e. The summed E-state index contributed by atoms with van der Waals surface area (Å²) in [6.07, 6.45) is 3.08. The number of nitrogens with zero attached hydrogens (tertiary/aromatic N) is 1. The third-order valence-corrected chi connectivity index (χ3v) is 3.76. The molecule has 1 unspecified atom stereocenters. The lowest BCUT2D eigenvalue weighted by Gasteiger charge is -2.35. The number of carbonyl (C=O) groups is 2. The molecule has 0 aromatic heterocycles. The molecule has 0 spiro atoms. The van der Waals surface area contributed by atoms with Crippen LogP contribution in [0.15, 0.2) is 24.3 Å². The number of amides is 2. The van der Waals surface area contributed by atoms with Gasteiger partial charge in [-0.2, -0.15) is 0 Å². The van der Waals surface area contributed by atoms with Crippen LogP contribution in [-0.2, 0) is 0 Å². The Hall–Kier alpha value is -1.59. The number of hydrogen-bond acceptors (Lipinski definition) is 3. The average molecular weight is 312 g/mol. The maximum atomic E-state index is 12.6. The summed E-state index contributed by atoms with van der Waals surface area (Å²) in [7, 11) is 1.58. The topological polar surface area (TPSA) is 75.4 Å². The molecule has 0 saturated carbocycles. The van der Waals surface area contributed by atoms with Crippen LogP contribution in [0.3, 0.4) is 0 Å². The number of benzene rings is 1. The second kappa shape index (κ2) is 8.00. The fourth-order valence-electron chi connectivity index (χ4n) is 2.62. The number of carbonyl (C=O) groups excluding carboxylic acids is 2. The first-order chi connectivity index (χ1) is 9.67. The van der Waals surface area contributed by atoms with Crippen LogP contribution in [0.25, 0.3) is 0 Å². The number of rotatable bonds is 3. The Morgan fingerprint density at radius 1 is 1.33 bits per heavy atom. The SMILES string of the molecule is CNC(=O)c1cccc(C(=O)N2CCCCC2CN)c1.Cl. The quantitative estimate of drug-likeness (QED) is 0.886. The first-order valence-electron chi connectivity index (χ1n) is 7.00. The van der Waals surface area contributed by atoms with Gasteiger partial charge in [0.15, 0.2) is 0 Å². The summed E-state index contributed by atoms with van der Waals surface area (Å²) < 4.78 is 0. The van der Waals surface area contributed by atoms with Gasteiger partial charge in [-0.25, -0.2) is 0 Å². The highest BCUT2D eigenvalue weighted by molar-refractivity contribution is 5.99. The van der Waals surface area contributed by atoms with Crippen molar-refractivity contribution in [3.05, 3.63) is 35.4 Å². The van der Waals surface area contributed by atoms with Crippen LogP contribution in [0.5, 0.6) is 0 Å². The molecule has 116 valence electrons. The lowest BCUT2D eigenvalue weighted by molar-refractivity contribution is 0.0623. The van der Waals surface area contributed by atoms with E-state index in [-0.39, 0.29) is 30.3 Å². The van der Waals surface area contributed by atoms with Crippen LogP contribution >= 0.6 is 12.4 Å². The number of nitrogens with two attached hydrogens (primary N) is 1. The molecule has 21 heavy (non-hydrogen) atoms. The van der Waals surface area contributed by atoms with E-state index in [4.69, 9.17) is 5.73 Å². The third kappa shape index (κ3) is 3.95. The number of halogens is 1. The molecule has 5 nitrogen and oxygen atoms in total. The number of nitrogens with one attached hydrogen (secondary N) is 1. The van der Waals surface area contributed by atoms with Crippen molar-refractivity contribution >= 4 is 24.2 Å². The molecule has 0 aliphatic carbocycles. The molecular weight excluding hydrogens is 290 g/mol. The minimum Gasteiger partial charge on any atom is -0.355 e. The van der Waals surface area contributed by atoms with Crippen LogP contribution in [0.2, 0.25) is 0 Å². The molecule has 1 heterocycles. The van der Waals surface area contributed by atoms with Gasteiger partial charge in [0.05, 0.1) is 0 Å². The number of hydrogen-bond donors (Lipinski definition) is 2. The maximum absolute atomic E-state index is 12.6. The fraction of sp³-hybridized carbons (Fsp3) is 0.467. The molecule has 1 fully saturated rings. The van der Waals surface area contributed by atoms with Crippen molar-refractivity contribution in [1.82, 2.24) is 10.2 Å². The fourth-order valence-corrected chi connectivity index (χ4v) is 2.62. The van der Waals surface area contributed by atoms with Crippen molar-refractivity contribution in [1.29, 1.82) is 0 Å². The number of piperidine rings is 1. The standard InChI is InChI=1S/C15H21N3O2.ClH/c1-17-14(19)11-5-4-6-12(9-11)15(20)18-8-3-2-7-13(18)10-16;/h4-6,9,13H,2-3,7-8,10,16H2,1H3,(H,17,19);1H. The van der Waals surface area contributed by atoms with Crippen LogP contribution < -0.4 is 11.1 Å². The van der Waals surface area contributed by atoms with Gasteiger partial charge >= 0.3 is 0 Å². The van der Waals surface area contributed by atoms with Gasteiger partial charge in [0.25, 0.3) is 11.8 Å². The molecule has 1 aliphatic rings. The summed E-state index contributed by atoms with van der Waals surface area (Å²) in [6, 6.07) is 6.94. The third-order valence-electron chi connectivity index (χ3n) is 3.76. The van der Waals surface area contributed by atoms with Gasteiger partial charge in [-0.15, -0.1) is 12.4 Å². The van der Waals surface area contributed by atoms with E-state index < -0.39 is 0 Å². The summed E-state index contributed by atoms with van der Waals surface area (Å²) in [5.74, 6) is -0.223.